The normalized spacial score (nSPS) is 15.5. The van der Waals surface area contributed by atoms with Gasteiger partial charge in [-0.3, -0.25) is 14.5 Å². The van der Waals surface area contributed by atoms with Crippen LogP contribution in [0, 0.1) is 11.3 Å². The Kier molecular flexibility index (Phi) is 10.9. The third-order valence-corrected chi connectivity index (χ3v) is 5.62. The molecule has 154 valence electrons. The molecule has 5 N–H and O–H groups in total. The number of unbranched alkanes of at least 4 members (excludes halogenated alkanes) is 2. The summed E-state index contributed by atoms with van der Waals surface area (Å²) in [5.74, 6) is -1.48. The minimum Gasteiger partial charge on any atom is -0.369 e. The van der Waals surface area contributed by atoms with E-state index in [1.807, 2.05) is 6.92 Å². The first kappa shape index (κ1) is 24.8. The second kappa shape index (κ2) is 11.5. The first-order chi connectivity index (χ1) is 11.9. The number of hydrogen-bond donors (Lipinski definition) is 4. The maximum absolute atomic E-state index is 11.4. The molecular formula is C14H30N4O6S2. The molecule has 0 aromatic heterocycles. The Bertz CT molecular complexity index is 663. The lowest BCUT2D eigenvalue weighted by molar-refractivity contribution is 0.287. The Hall–Kier alpha value is -1.24. The molecule has 0 aliphatic carbocycles. The van der Waals surface area contributed by atoms with Gasteiger partial charge in [0.2, 0.25) is 0 Å². The van der Waals surface area contributed by atoms with Crippen molar-refractivity contribution in [3.8, 4) is 0 Å². The smallest absolute Gasteiger partial charge is 0.266 e. The molecule has 0 saturated carbocycles. The fourth-order valence-electron chi connectivity index (χ4n) is 2.65. The molecule has 12 heteroatoms. The van der Waals surface area contributed by atoms with Crippen LogP contribution in [0.4, 0.5) is 0 Å². The number of nitrogens with zero attached hydrogens (tertiary/aromatic N) is 2. The largest absolute Gasteiger partial charge is 0.369 e. The first-order valence-electron chi connectivity index (χ1n) is 8.38. The Morgan fingerprint density at radius 1 is 1.15 bits per heavy atom. The van der Waals surface area contributed by atoms with Gasteiger partial charge in [0, 0.05) is 12.6 Å². The highest BCUT2D eigenvalue weighted by Crippen LogP contribution is 2.17. The van der Waals surface area contributed by atoms with Gasteiger partial charge in [0.25, 0.3) is 20.2 Å². The second-order valence-corrected chi connectivity index (χ2v) is 9.34. The van der Waals surface area contributed by atoms with Crippen molar-refractivity contribution in [3.05, 3.63) is 0 Å². The summed E-state index contributed by atoms with van der Waals surface area (Å²) in [6, 6.07) is -0.727. The molecule has 0 fully saturated rings. The highest BCUT2D eigenvalue weighted by molar-refractivity contribution is 7.86. The molecule has 26 heavy (non-hydrogen) atoms. The predicted molar refractivity (Wildman–Crippen MR) is 102 cm³/mol. The number of nitrogens with two attached hydrogens (primary N) is 1. The van der Waals surface area contributed by atoms with Crippen LogP contribution < -0.4 is 5.73 Å². The van der Waals surface area contributed by atoms with Crippen LogP contribution in [-0.4, -0.2) is 67.2 Å². The van der Waals surface area contributed by atoms with Gasteiger partial charge in [-0.2, -0.15) is 16.8 Å². The summed E-state index contributed by atoms with van der Waals surface area (Å²) in [6.45, 7) is 4.02. The van der Waals surface area contributed by atoms with Crippen LogP contribution in [0.1, 0.15) is 46.0 Å². The van der Waals surface area contributed by atoms with E-state index in [1.54, 1.807) is 6.92 Å². The first-order valence-corrected chi connectivity index (χ1v) is 11.6. The van der Waals surface area contributed by atoms with Gasteiger partial charge in [0.05, 0.1) is 11.5 Å². The summed E-state index contributed by atoms with van der Waals surface area (Å²) in [6.07, 6.45) is 3.79. The van der Waals surface area contributed by atoms with Gasteiger partial charge in [-0.1, -0.05) is 26.7 Å². The molecule has 0 radical (unpaired) electrons. The van der Waals surface area contributed by atoms with Crippen molar-refractivity contribution in [2.24, 2.45) is 16.6 Å². The number of nitrogens with one attached hydrogen (secondary N) is 1. The number of aliphatic imine (C=N–C) groups is 1. The Morgan fingerprint density at radius 3 is 2.19 bits per heavy atom. The molecule has 0 aromatic rings. The molecule has 0 rings (SSSR count). The minimum atomic E-state index is -4.31. The Labute approximate surface area is 155 Å². The quantitative estimate of drug-likeness (QED) is 0.149. The fourth-order valence-corrected chi connectivity index (χ4v) is 4.37. The van der Waals surface area contributed by atoms with Crippen LogP contribution in [0.2, 0.25) is 0 Å². The van der Waals surface area contributed by atoms with E-state index in [9.17, 15) is 21.4 Å². The van der Waals surface area contributed by atoms with Crippen molar-refractivity contribution >= 4 is 32.5 Å². The lowest BCUT2D eigenvalue weighted by Gasteiger charge is -2.32. The van der Waals surface area contributed by atoms with E-state index in [0.717, 1.165) is 19.2 Å². The van der Waals surface area contributed by atoms with Gasteiger partial charge in [0.1, 0.15) is 6.34 Å². The molecule has 0 aromatic carbocycles. The molecule has 0 saturated heterocycles. The summed E-state index contributed by atoms with van der Waals surface area (Å²) >= 11 is 0. The van der Waals surface area contributed by atoms with Crippen LogP contribution in [0.3, 0.4) is 0 Å². The molecule has 0 bridgehead atoms. The molecule has 0 aliphatic heterocycles. The SMILES string of the molecule is CCCCCN(C(N)=NC=N)C(CCC(C)CS(=O)(=O)O)CS(=O)(=O)O. The number of hydrogen-bond acceptors (Lipinski definition) is 5. The molecule has 2 unspecified atom stereocenters. The van der Waals surface area contributed by atoms with Crippen molar-refractivity contribution in [2.45, 2.75) is 52.0 Å². The lowest BCUT2D eigenvalue weighted by atomic mass is 10.0. The van der Waals surface area contributed by atoms with Crippen LogP contribution in [0.15, 0.2) is 4.99 Å². The van der Waals surface area contributed by atoms with E-state index >= 15 is 0 Å². The molecular weight excluding hydrogens is 384 g/mol. The van der Waals surface area contributed by atoms with Gasteiger partial charge in [-0.05, 0) is 25.2 Å². The summed E-state index contributed by atoms with van der Waals surface area (Å²) in [5, 5.41) is 7.05. The maximum atomic E-state index is 11.4. The van der Waals surface area contributed by atoms with Gasteiger partial charge in [-0.25, -0.2) is 4.99 Å². The monoisotopic (exact) mass is 414 g/mol. The van der Waals surface area contributed by atoms with E-state index in [1.165, 1.54) is 4.90 Å². The van der Waals surface area contributed by atoms with Crippen molar-refractivity contribution in [1.82, 2.24) is 4.90 Å². The number of guanidine groups is 1. The third kappa shape index (κ3) is 12.2. The zero-order chi connectivity index (χ0) is 20.4. The van der Waals surface area contributed by atoms with Crippen LogP contribution in [0.5, 0.6) is 0 Å². The molecule has 0 heterocycles. The van der Waals surface area contributed by atoms with Crippen molar-refractivity contribution in [3.63, 3.8) is 0 Å². The third-order valence-electron chi connectivity index (χ3n) is 3.83. The molecule has 10 nitrogen and oxygen atoms in total. The lowest BCUT2D eigenvalue weighted by Crippen LogP contribution is -2.48. The zero-order valence-electron chi connectivity index (χ0n) is 15.2. The zero-order valence-corrected chi connectivity index (χ0v) is 16.8. The van der Waals surface area contributed by atoms with E-state index in [0.29, 0.717) is 19.4 Å². The van der Waals surface area contributed by atoms with E-state index in [2.05, 4.69) is 4.99 Å². The average Bonchev–Trinajstić information content (AvgIpc) is 2.45. The molecule has 2 atom stereocenters. The highest BCUT2D eigenvalue weighted by Gasteiger charge is 2.26. The molecule has 0 spiro atoms. The van der Waals surface area contributed by atoms with Crippen molar-refractivity contribution < 1.29 is 25.9 Å². The second-order valence-electron chi connectivity index (χ2n) is 6.35. The summed E-state index contributed by atoms with van der Waals surface area (Å²) < 4.78 is 62.9. The van der Waals surface area contributed by atoms with Gasteiger partial charge < -0.3 is 10.6 Å². The van der Waals surface area contributed by atoms with Gasteiger partial charge in [0.15, 0.2) is 5.96 Å². The maximum Gasteiger partial charge on any atom is 0.266 e. The molecule has 0 aliphatic rings. The fraction of sp³-hybridized carbons (Fsp3) is 0.857. The van der Waals surface area contributed by atoms with Gasteiger partial charge >= 0.3 is 0 Å². The van der Waals surface area contributed by atoms with Gasteiger partial charge in [-0.15, -0.1) is 0 Å². The van der Waals surface area contributed by atoms with Crippen LogP contribution in [0.25, 0.3) is 0 Å². The van der Waals surface area contributed by atoms with E-state index in [-0.39, 0.29) is 12.4 Å². The van der Waals surface area contributed by atoms with Crippen LogP contribution in [-0.2, 0) is 20.2 Å². The molecule has 0 amide bonds. The predicted octanol–water partition coefficient (Wildman–Crippen LogP) is 0.961. The topological polar surface area (TPSA) is 174 Å². The van der Waals surface area contributed by atoms with E-state index in [4.69, 9.17) is 15.7 Å². The Balaban J connectivity index is 5.34. The summed E-state index contributed by atoms with van der Waals surface area (Å²) in [7, 11) is -8.44. The average molecular weight is 415 g/mol. The van der Waals surface area contributed by atoms with Crippen molar-refractivity contribution in [2.75, 3.05) is 18.1 Å². The minimum absolute atomic E-state index is 0.0350. The van der Waals surface area contributed by atoms with Crippen molar-refractivity contribution in [1.29, 1.82) is 5.41 Å². The summed E-state index contributed by atoms with van der Waals surface area (Å²) in [4.78, 5) is 5.21. The summed E-state index contributed by atoms with van der Waals surface area (Å²) in [5.41, 5.74) is 5.85. The van der Waals surface area contributed by atoms with E-state index < -0.39 is 43.7 Å². The van der Waals surface area contributed by atoms with Crippen LogP contribution >= 0.6 is 0 Å². The standard InChI is InChI=1S/C14H30N4O6S2/c1-3-4-5-8-18(14(16)17-11-15)13(10-26(22,23)24)7-6-12(2)9-25(19,20)21/h11-13H,3-10H2,1-2H3,(H3,15,16,17)(H,19,20,21)(H,22,23,24). The Morgan fingerprint density at radius 2 is 1.73 bits per heavy atom. The highest BCUT2D eigenvalue weighted by atomic mass is 32.2. The number of rotatable bonds is 13.